The highest BCUT2D eigenvalue weighted by molar-refractivity contribution is 7.13. The summed E-state index contributed by atoms with van der Waals surface area (Å²) in [6, 6.07) is -0.0196. The lowest BCUT2D eigenvalue weighted by Crippen LogP contribution is -2.40. The summed E-state index contributed by atoms with van der Waals surface area (Å²) in [5.74, 6) is 0.576. The van der Waals surface area contributed by atoms with Gasteiger partial charge in [-0.15, -0.1) is 11.3 Å². The van der Waals surface area contributed by atoms with Gasteiger partial charge in [-0.05, 0) is 19.3 Å². The number of hydrogen-bond donors (Lipinski definition) is 1. The number of likely N-dealkylation sites (tertiary alicyclic amines) is 1. The number of carbonyl (C=O) groups is 1. The molecular weight excluding hydrogens is 288 g/mol. The minimum absolute atomic E-state index is 0.0196. The normalized spacial score (nSPS) is 23.5. The van der Waals surface area contributed by atoms with Crippen molar-refractivity contribution < 1.29 is 9.53 Å². The Kier molecular flexibility index (Phi) is 4.72. The van der Waals surface area contributed by atoms with Crippen molar-refractivity contribution in [3.8, 4) is 0 Å². The van der Waals surface area contributed by atoms with Crippen LogP contribution in [0.15, 0.2) is 5.38 Å². The molecule has 2 amide bonds. The van der Waals surface area contributed by atoms with Gasteiger partial charge in [-0.3, -0.25) is 10.2 Å². The molecule has 1 atom stereocenters. The molecule has 2 aliphatic heterocycles. The van der Waals surface area contributed by atoms with Crippen molar-refractivity contribution in [3.05, 3.63) is 11.1 Å². The van der Waals surface area contributed by atoms with Crippen LogP contribution in [0.1, 0.15) is 12.1 Å². The Hall–Kier alpha value is -1.18. The van der Waals surface area contributed by atoms with Gasteiger partial charge in [0.1, 0.15) is 0 Å². The van der Waals surface area contributed by atoms with Gasteiger partial charge >= 0.3 is 6.03 Å². The third-order valence-corrected chi connectivity index (χ3v) is 4.90. The molecule has 0 aliphatic carbocycles. The first-order valence-corrected chi connectivity index (χ1v) is 8.37. The molecule has 0 radical (unpaired) electrons. The van der Waals surface area contributed by atoms with Crippen molar-refractivity contribution in [1.29, 1.82) is 0 Å². The Morgan fingerprint density at radius 3 is 3.00 bits per heavy atom. The molecule has 0 bridgehead atoms. The predicted octanol–water partition coefficient (Wildman–Crippen LogP) is 1.64. The number of thiazole rings is 1. The van der Waals surface area contributed by atoms with Crippen LogP contribution in [0.25, 0.3) is 0 Å². The van der Waals surface area contributed by atoms with Crippen molar-refractivity contribution in [3.63, 3.8) is 0 Å². The van der Waals surface area contributed by atoms with Crippen LogP contribution >= 0.6 is 11.3 Å². The lowest BCUT2D eigenvalue weighted by Gasteiger charge is -2.29. The highest BCUT2D eigenvalue weighted by Gasteiger charge is 2.28. The fourth-order valence-electron chi connectivity index (χ4n) is 2.90. The first-order chi connectivity index (χ1) is 10.2. The summed E-state index contributed by atoms with van der Waals surface area (Å²) in [7, 11) is 0. The molecule has 3 heterocycles. The molecule has 0 saturated carbocycles. The summed E-state index contributed by atoms with van der Waals surface area (Å²) in [4.78, 5) is 20.8. The van der Waals surface area contributed by atoms with E-state index < -0.39 is 0 Å². The van der Waals surface area contributed by atoms with Gasteiger partial charge in [-0.2, -0.15) is 0 Å². The third kappa shape index (κ3) is 3.93. The maximum Gasteiger partial charge on any atom is 0.323 e. The molecule has 1 aromatic heterocycles. The molecule has 2 fully saturated rings. The summed E-state index contributed by atoms with van der Waals surface area (Å²) in [5.41, 5.74) is 0.946. The Morgan fingerprint density at radius 2 is 2.29 bits per heavy atom. The molecular formula is C14H22N4O2S. The Balaban J connectivity index is 1.46. The monoisotopic (exact) mass is 310 g/mol. The number of anilines is 1. The van der Waals surface area contributed by atoms with Gasteiger partial charge < -0.3 is 9.64 Å². The number of amides is 2. The van der Waals surface area contributed by atoms with Gasteiger partial charge in [0, 0.05) is 38.1 Å². The lowest BCUT2D eigenvalue weighted by molar-refractivity contribution is 0.0314. The second-order valence-electron chi connectivity index (χ2n) is 5.74. The van der Waals surface area contributed by atoms with Gasteiger partial charge in [-0.1, -0.05) is 0 Å². The number of morpholine rings is 1. The summed E-state index contributed by atoms with van der Waals surface area (Å²) in [6.45, 7) is 8.38. The topological polar surface area (TPSA) is 57.7 Å². The van der Waals surface area contributed by atoms with Gasteiger partial charge in [0.05, 0.1) is 18.9 Å². The van der Waals surface area contributed by atoms with Crippen LogP contribution in [0.3, 0.4) is 0 Å². The summed E-state index contributed by atoms with van der Waals surface area (Å²) in [5, 5.41) is 5.52. The molecule has 0 aromatic carbocycles. The van der Waals surface area contributed by atoms with Gasteiger partial charge in [0.25, 0.3) is 0 Å². The average molecular weight is 310 g/mol. The molecule has 2 saturated heterocycles. The van der Waals surface area contributed by atoms with E-state index in [1.807, 2.05) is 17.2 Å². The van der Waals surface area contributed by atoms with E-state index in [-0.39, 0.29) is 6.03 Å². The second-order valence-corrected chi connectivity index (χ2v) is 6.60. The average Bonchev–Trinajstić information content (AvgIpc) is 3.09. The molecule has 1 unspecified atom stereocenters. The van der Waals surface area contributed by atoms with Crippen molar-refractivity contribution in [1.82, 2.24) is 14.8 Å². The zero-order valence-corrected chi connectivity index (χ0v) is 13.2. The van der Waals surface area contributed by atoms with Crippen LogP contribution in [0.2, 0.25) is 0 Å². The first-order valence-electron chi connectivity index (χ1n) is 7.49. The molecule has 1 N–H and O–H groups in total. The summed E-state index contributed by atoms with van der Waals surface area (Å²) < 4.78 is 5.37. The minimum Gasteiger partial charge on any atom is -0.379 e. The van der Waals surface area contributed by atoms with Crippen LogP contribution in [0.4, 0.5) is 9.93 Å². The van der Waals surface area contributed by atoms with Crippen LogP contribution in [-0.4, -0.2) is 66.8 Å². The number of aryl methyl sites for hydroxylation is 1. The van der Waals surface area contributed by atoms with E-state index in [0.717, 1.165) is 58.1 Å². The number of hydrogen-bond acceptors (Lipinski definition) is 5. The third-order valence-electron chi connectivity index (χ3n) is 4.03. The maximum atomic E-state index is 12.2. The number of nitrogens with one attached hydrogen (secondary N) is 1. The standard InChI is InChI=1S/C14H22N4O2S/c1-11-10-21-13(15-11)16-14(19)18-3-2-12(9-18)8-17-4-6-20-7-5-17/h10,12H,2-9H2,1H3,(H,15,16,19). The van der Waals surface area contributed by atoms with Crippen LogP contribution in [0, 0.1) is 12.8 Å². The zero-order valence-electron chi connectivity index (χ0n) is 12.4. The van der Waals surface area contributed by atoms with Gasteiger partial charge in [-0.25, -0.2) is 9.78 Å². The molecule has 6 nitrogen and oxygen atoms in total. The number of aromatic nitrogens is 1. The van der Waals surface area contributed by atoms with Gasteiger partial charge in [0.2, 0.25) is 0 Å². The van der Waals surface area contributed by atoms with E-state index in [4.69, 9.17) is 4.74 Å². The lowest BCUT2D eigenvalue weighted by atomic mass is 10.1. The van der Waals surface area contributed by atoms with Gasteiger partial charge in [0.15, 0.2) is 5.13 Å². The van der Waals surface area contributed by atoms with Crippen LogP contribution < -0.4 is 5.32 Å². The molecule has 1 aromatic rings. The minimum atomic E-state index is -0.0196. The smallest absolute Gasteiger partial charge is 0.323 e. The number of rotatable bonds is 3. The predicted molar refractivity (Wildman–Crippen MR) is 82.8 cm³/mol. The Bertz CT molecular complexity index is 487. The highest BCUT2D eigenvalue weighted by atomic mass is 32.1. The molecule has 21 heavy (non-hydrogen) atoms. The number of nitrogens with zero attached hydrogens (tertiary/aromatic N) is 3. The SMILES string of the molecule is Cc1csc(NC(=O)N2CCC(CN3CCOCC3)C2)n1. The van der Waals surface area contributed by atoms with Crippen molar-refractivity contribution in [2.45, 2.75) is 13.3 Å². The number of carbonyl (C=O) groups excluding carboxylic acids is 1. The van der Waals surface area contributed by atoms with Crippen molar-refractivity contribution in [2.24, 2.45) is 5.92 Å². The number of urea groups is 1. The zero-order chi connectivity index (χ0) is 14.7. The van der Waals surface area contributed by atoms with E-state index in [1.54, 1.807) is 0 Å². The van der Waals surface area contributed by atoms with E-state index in [2.05, 4.69) is 15.2 Å². The van der Waals surface area contributed by atoms with Crippen molar-refractivity contribution in [2.75, 3.05) is 51.3 Å². The maximum absolute atomic E-state index is 12.2. The molecule has 7 heteroatoms. The van der Waals surface area contributed by atoms with Crippen LogP contribution in [0.5, 0.6) is 0 Å². The molecule has 2 aliphatic rings. The summed E-state index contributed by atoms with van der Waals surface area (Å²) in [6.07, 6.45) is 1.08. The highest BCUT2D eigenvalue weighted by Crippen LogP contribution is 2.20. The van der Waals surface area contributed by atoms with E-state index in [1.165, 1.54) is 11.3 Å². The number of ether oxygens (including phenoxy) is 1. The molecule has 116 valence electrons. The van der Waals surface area contributed by atoms with E-state index in [9.17, 15) is 4.79 Å². The molecule has 0 spiro atoms. The largest absolute Gasteiger partial charge is 0.379 e. The van der Waals surface area contributed by atoms with E-state index >= 15 is 0 Å². The molecule has 3 rings (SSSR count). The Labute approximate surface area is 129 Å². The van der Waals surface area contributed by atoms with Crippen molar-refractivity contribution >= 4 is 22.5 Å². The summed E-state index contributed by atoms with van der Waals surface area (Å²) >= 11 is 1.47. The first kappa shape index (κ1) is 14.7. The quantitative estimate of drug-likeness (QED) is 0.922. The Morgan fingerprint density at radius 1 is 1.48 bits per heavy atom. The van der Waals surface area contributed by atoms with Crippen LogP contribution in [-0.2, 0) is 4.74 Å². The van der Waals surface area contributed by atoms with E-state index in [0.29, 0.717) is 11.0 Å². The second kappa shape index (κ2) is 6.72. The fourth-order valence-corrected chi connectivity index (χ4v) is 3.57. The fraction of sp³-hybridized carbons (Fsp3) is 0.714.